The number of amides is 1. The lowest BCUT2D eigenvalue weighted by Crippen LogP contribution is -2.27. The Morgan fingerprint density at radius 1 is 1.14 bits per heavy atom. The largest absolute Gasteiger partial charge is 0.493 e. The highest BCUT2D eigenvalue weighted by Gasteiger charge is 2.09. The molecular weight excluding hydrogens is 422 g/mol. The van der Waals surface area contributed by atoms with Gasteiger partial charge in [0.2, 0.25) is 0 Å². The zero-order chi connectivity index (χ0) is 20.4. The molecule has 0 aromatic heterocycles. The van der Waals surface area contributed by atoms with Crippen LogP contribution >= 0.6 is 15.9 Å². The van der Waals surface area contributed by atoms with E-state index in [1.807, 2.05) is 48.5 Å². The van der Waals surface area contributed by atoms with Gasteiger partial charge in [-0.15, -0.1) is 0 Å². The Kier molecular flexibility index (Phi) is 8.37. The molecule has 1 amide bonds. The number of carbonyl (C=O) groups is 1. The van der Waals surface area contributed by atoms with Crippen molar-refractivity contribution in [1.82, 2.24) is 10.6 Å². The van der Waals surface area contributed by atoms with Crippen LogP contribution in [0.5, 0.6) is 11.5 Å². The summed E-state index contributed by atoms with van der Waals surface area (Å²) >= 11 is 3.41. The fraction of sp³-hybridized carbons (Fsp3) is 0.238. The number of halogens is 1. The lowest BCUT2D eigenvalue weighted by molar-refractivity contribution is -0.117. The second-order valence-electron chi connectivity index (χ2n) is 5.88. The molecule has 0 saturated carbocycles. The van der Waals surface area contributed by atoms with Gasteiger partial charge in [-0.1, -0.05) is 34.1 Å². The average Bonchev–Trinajstić information content (AvgIpc) is 2.71. The molecule has 2 aromatic rings. The van der Waals surface area contributed by atoms with Gasteiger partial charge in [0.25, 0.3) is 5.91 Å². The molecule has 0 atom stereocenters. The third-order valence-corrected chi connectivity index (χ3v) is 4.45. The zero-order valence-corrected chi connectivity index (χ0v) is 17.4. The first-order valence-corrected chi connectivity index (χ1v) is 9.44. The maximum absolute atomic E-state index is 12.2. The van der Waals surface area contributed by atoms with Gasteiger partial charge in [-0.05, 0) is 41.8 Å². The molecule has 146 valence electrons. The van der Waals surface area contributed by atoms with E-state index in [-0.39, 0.29) is 5.57 Å². The molecule has 2 aromatic carbocycles. The van der Waals surface area contributed by atoms with Crippen LogP contribution in [-0.4, -0.2) is 26.7 Å². The number of carbonyl (C=O) groups excluding carboxylic acids is 1. The number of benzene rings is 2. The first kappa shape index (κ1) is 21.3. The van der Waals surface area contributed by atoms with Crippen molar-refractivity contribution in [2.45, 2.75) is 13.0 Å². The van der Waals surface area contributed by atoms with Crippen LogP contribution in [0.2, 0.25) is 0 Å². The number of nitrogens with zero attached hydrogens (tertiary/aromatic N) is 1. The maximum Gasteiger partial charge on any atom is 0.263 e. The molecule has 0 aliphatic carbocycles. The van der Waals surface area contributed by atoms with Crippen LogP contribution in [0.25, 0.3) is 0 Å². The minimum atomic E-state index is -0.412. The molecule has 0 radical (unpaired) electrons. The lowest BCUT2D eigenvalue weighted by atomic mass is 10.1. The number of nitriles is 1. The Morgan fingerprint density at radius 3 is 2.61 bits per heavy atom. The van der Waals surface area contributed by atoms with E-state index in [0.29, 0.717) is 31.0 Å². The van der Waals surface area contributed by atoms with E-state index in [1.165, 1.54) is 6.20 Å². The highest BCUT2D eigenvalue weighted by molar-refractivity contribution is 9.10. The maximum atomic E-state index is 12.2. The summed E-state index contributed by atoms with van der Waals surface area (Å²) in [4.78, 5) is 12.2. The molecule has 0 spiro atoms. The number of nitrogens with one attached hydrogen (secondary N) is 2. The van der Waals surface area contributed by atoms with Crippen molar-refractivity contribution in [3.05, 3.63) is 69.8 Å². The Morgan fingerprint density at radius 2 is 1.93 bits per heavy atom. The molecule has 0 fully saturated rings. The smallest absolute Gasteiger partial charge is 0.263 e. The van der Waals surface area contributed by atoms with Crippen molar-refractivity contribution in [3.63, 3.8) is 0 Å². The topological polar surface area (TPSA) is 83.4 Å². The molecular formula is C21H22BrN3O3. The highest BCUT2D eigenvalue weighted by atomic mass is 79.9. The fourth-order valence-corrected chi connectivity index (χ4v) is 2.96. The standard InChI is InChI=1S/C21H22BrN3O3/c1-27-19-7-6-15(11-20(19)28-2)8-9-25-21(26)17(12-23)14-24-13-16-4-3-5-18(22)10-16/h3-7,10-11,14,24H,8-9,13H2,1-2H3,(H,25,26)/b17-14-. The number of rotatable bonds is 9. The van der Waals surface area contributed by atoms with Crippen molar-refractivity contribution >= 4 is 21.8 Å². The van der Waals surface area contributed by atoms with E-state index in [2.05, 4.69) is 26.6 Å². The number of methoxy groups -OCH3 is 2. The Hall–Kier alpha value is -2.98. The van der Waals surface area contributed by atoms with E-state index in [0.717, 1.165) is 15.6 Å². The second-order valence-corrected chi connectivity index (χ2v) is 6.79. The van der Waals surface area contributed by atoms with E-state index in [9.17, 15) is 10.1 Å². The molecule has 0 unspecified atom stereocenters. The van der Waals surface area contributed by atoms with Crippen molar-refractivity contribution in [2.24, 2.45) is 0 Å². The number of hydrogen-bond acceptors (Lipinski definition) is 5. The molecule has 0 aliphatic heterocycles. The van der Waals surface area contributed by atoms with E-state index in [1.54, 1.807) is 14.2 Å². The molecule has 6 nitrogen and oxygen atoms in total. The summed E-state index contributed by atoms with van der Waals surface area (Å²) in [5.74, 6) is 0.881. The zero-order valence-electron chi connectivity index (χ0n) is 15.8. The van der Waals surface area contributed by atoms with Crippen molar-refractivity contribution in [1.29, 1.82) is 5.26 Å². The van der Waals surface area contributed by atoms with Crippen LogP contribution in [-0.2, 0) is 17.8 Å². The van der Waals surface area contributed by atoms with Gasteiger partial charge in [0.1, 0.15) is 11.6 Å². The third-order valence-electron chi connectivity index (χ3n) is 3.95. The van der Waals surface area contributed by atoms with Crippen LogP contribution < -0.4 is 20.1 Å². The van der Waals surface area contributed by atoms with Gasteiger partial charge in [0.05, 0.1) is 14.2 Å². The summed E-state index contributed by atoms with van der Waals surface area (Å²) in [5, 5.41) is 15.0. The lowest BCUT2D eigenvalue weighted by Gasteiger charge is -2.10. The molecule has 0 heterocycles. The molecule has 2 N–H and O–H groups in total. The van der Waals surface area contributed by atoms with Gasteiger partial charge in [0, 0.05) is 23.8 Å². The fourth-order valence-electron chi connectivity index (χ4n) is 2.52. The van der Waals surface area contributed by atoms with Crippen LogP contribution in [0, 0.1) is 11.3 Å². The second kappa shape index (κ2) is 11.0. The molecule has 7 heteroatoms. The first-order valence-electron chi connectivity index (χ1n) is 8.64. The van der Waals surface area contributed by atoms with Gasteiger partial charge in [-0.3, -0.25) is 4.79 Å². The average molecular weight is 444 g/mol. The van der Waals surface area contributed by atoms with Crippen LogP contribution in [0.4, 0.5) is 0 Å². The monoisotopic (exact) mass is 443 g/mol. The van der Waals surface area contributed by atoms with E-state index < -0.39 is 5.91 Å². The summed E-state index contributed by atoms with van der Waals surface area (Å²) in [5.41, 5.74) is 2.06. The van der Waals surface area contributed by atoms with Gasteiger partial charge in [0.15, 0.2) is 11.5 Å². The molecule has 2 rings (SSSR count). The first-order chi connectivity index (χ1) is 13.6. The normalized spacial score (nSPS) is 10.7. The SMILES string of the molecule is COc1ccc(CCNC(=O)/C(C#N)=C\NCc2cccc(Br)c2)cc1OC. The Balaban J connectivity index is 1.85. The summed E-state index contributed by atoms with van der Waals surface area (Å²) in [6.45, 7) is 0.919. The summed E-state index contributed by atoms with van der Waals surface area (Å²) in [6.07, 6.45) is 2.04. The minimum absolute atomic E-state index is 0.0299. The summed E-state index contributed by atoms with van der Waals surface area (Å²) in [7, 11) is 3.16. The predicted octanol–water partition coefficient (Wildman–Crippen LogP) is 3.32. The van der Waals surface area contributed by atoms with Gasteiger partial charge in [-0.25, -0.2) is 0 Å². The van der Waals surface area contributed by atoms with Gasteiger partial charge >= 0.3 is 0 Å². The Bertz CT molecular complexity index is 891. The molecule has 0 bridgehead atoms. The number of hydrogen-bond donors (Lipinski definition) is 2. The summed E-state index contributed by atoms with van der Waals surface area (Å²) in [6, 6.07) is 15.3. The van der Waals surface area contributed by atoms with E-state index >= 15 is 0 Å². The Labute approximate surface area is 173 Å². The van der Waals surface area contributed by atoms with Gasteiger partial charge < -0.3 is 20.1 Å². The van der Waals surface area contributed by atoms with Crippen LogP contribution in [0.15, 0.2) is 58.7 Å². The highest BCUT2D eigenvalue weighted by Crippen LogP contribution is 2.27. The van der Waals surface area contributed by atoms with Crippen molar-refractivity contribution in [3.8, 4) is 17.6 Å². The minimum Gasteiger partial charge on any atom is -0.493 e. The molecule has 0 aliphatic rings. The van der Waals surface area contributed by atoms with Gasteiger partial charge in [-0.2, -0.15) is 5.26 Å². The molecule has 28 heavy (non-hydrogen) atoms. The number of ether oxygens (including phenoxy) is 2. The predicted molar refractivity (Wildman–Crippen MR) is 111 cm³/mol. The van der Waals surface area contributed by atoms with Crippen molar-refractivity contribution in [2.75, 3.05) is 20.8 Å². The molecule has 0 saturated heterocycles. The van der Waals surface area contributed by atoms with Crippen molar-refractivity contribution < 1.29 is 14.3 Å². The quantitative estimate of drug-likeness (QED) is 0.458. The van der Waals surface area contributed by atoms with Crippen LogP contribution in [0.1, 0.15) is 11.1 Å². The van der Waals surface area contributed by atoms with Crippen LogP contribution in [0.3, 0.4) is 0 Å². The summed E-state index contributed by atoms with van der Waals surface area (Å²) < 4.78 is 11.5. The van der Waals surface area contributed by atoms with E-state index in [4.69, 9.17) is 9.47 Å². The third kappa shape index (κ3) is 6.32.